The number of pyridine rings is 1. The van der Waals surface area contributed by atoms with Gasteiger partial charge in [-0.1, -0.05) is 0 Å². The van der Waals surface area contributed by atoms with Gasteiger partial charge in [0.2, 0.25) is 0 Å². The van der Waals surface area contributed by atoms with Crippen LogP contribution in [0.15, 0.2) is 6.20 Å². The first kappa shape index (κ1) is 12.4. The molecule has 0 spiro atoms. The molecule has 0 unspecified atom stereocenters. The molecule has 1 aromatic rings. The summed E-state index contributed by atoms with van der Waals surface area (Å²) in [6.45, 7) is 1.02. The molecule has 0 N–H and O–H groups in total. The van der Waals surface area contributed by atoms with Gasteiger partial charge in [-0.25, -0.2) is 13.8 Å². The van der Waals surface area contributed by atoms with Crippen molar-refractivity contribution in [3.05, 3.63) is 28.6 Å². The second kappa shape index (κ2) is 4.04. The van der Waals surface area contributed by atoms with Gasteiger partial charge in [-0.15, -0.1) is 0 Å². The summed E-state index contributed by atoms with van der Waals surface area (Å²) in [7, 11) is 0. The zero-order chi connectivity index (χ0) is 12.5. The molecule has 86 valence electrons. The Morgan fingerprint density at radius 3 is 2.31 bits per heavy atom. The van der Waals surface area contributed by atoms with Gasteiger partial charge in [-0.05, 0) is 12.5 Å². The van der Waals surface area contributed by atoms with Crippen LogP contribution in [0.2, 0.25) is 0 Å². The second-order valence-electron chi connectivity index (χ2n) is 2.99. The first-order chi connectivity index (χ1) is 7.29. The summed E-state index contributed by atoms with van der Waals surface area (Å²) in [5.74, 6) is 0. The lowest BCUT2D eigenvalue weighted by molar-refractivity contribution is -0.140. The van der Waals surface area contributed by atoms with E-state index in [0.29, 0.717) is 0 Å². The fourth-order valence-corrected chi connectivity index (χ4v) is 1.30. The molecule has 1 heterocycles. The quantitative estimate of drug-likeness (QED) is 0.702. The van der Waals surface area contributed by atoms with Crippen LogP contribution in [-0.2, 0) is 6.18 Å². The smallest absolute Gasteiger partial charge is 0.245 e. The molecule has 0 saturated carbocycles. The van der Waals surface area contributed by atoms with E-state index in [0.717, 1.165) is 13.1 Å². The topological polar surface area (TPSA) is 36.7 Å². The molecule has 0 atom stereocenters. The van der Waals surface area contributed by atoms with Crippen molar-refractivity contribution in [3.63, 3.8) is 0 Å². The Morgan fingerprint density at radius 1 is 1.38 bits per heavy atom. The molecular formula is C9H5F5N2. The van der Waals surface area contributed by atoms with Crippen LogP contribution in [0.3, 0.4) is 0 Å². The number of aromatic nitrogens is 1. The Kier molecular flexibility index (Phi) is 3.12. The van der Waals surface area contributed by atoms with Crippen LogP contribution in [0.25, 0.3) is 0 Å². The SMILES string of the molecule is Cc1cnc(C#N)c(C(F)F)c1C(F)(F)F. The van der Waals surface area contributed by atoms with Gasteiger partial charge in [0.25, 0.3) is 6.43 Å². The fraction of sp³-hybridized carbons (Fsp3) is 0.333. The van der Waals surface area contributed by atoms with Crippen LogP contribution in [0.1, 0.15) is 28.8 Å². The number of nitrogens with zero attached hydrogens (tertiary/aromatic N) is 2. The molecule has 1 aromatic heterocycles. The van der Waals surface area contributed by atoms with Crippen LogP contribution in [-0.4, -0.2) is 4.98 Å². The van der Waals surface area contributed by atoms with Crippen LogP contribution in [0.4, 0.5) is 22.0 Å². The number of rotatable bonds is 1. The Hall–Kier alpha value is -1.71. The highest BCUT2D eigenvalue weighted by atomic mass is 19.4. The summed E-state index contributed by atoms with van der Waals surface area (Å²) in [6.07, 6.45) is -7.56. The van der Waals surface area contributed by atoms with Crippen molar-refractivity contribution >= 4 is 0 Å². The molecule has 2 nitrogen and oxygen atoms in total. The normalized spacial score (nSPS) is 11.6. The maximum absolute atomic E-state index is 12.5. The lowest BCUT2D eigenvalue weighted by Gasteiger charge is -2.15. The zero-order valence-corrected chi connectivity index (χ0v) is 7.94. The predicted octanol–water partition coefficient (Wildman–Crippen LogP) is 3.22. The van der Waals surface area contributed by atoms with E-state index >= 15 is 0 Å². The van der Waals surface area contributed by atoms with E-state index < -0.39 is 35.0 Å². The van der Waals surface area contributed by atoms with Crippen LogP contribution < -0.4 is 0 Å². The maximum atomic E-state index is 12.5. The molecule has 0 fully saturated rings. The minimum atomic E-state index is -4.93. The van der Waals surface area contributed by atoms with Crippen molar-refractivity contribution in [2.24, 2.45) is 0 Å². The highest BCUT2D eigenvalue weighted by Crippen LogP contribution is 2.39. The van der Waals surface area contributed by atoms with E-state index in [1.807, 2.05) is 0 Å². The molecule has 0 aliphatic carbocycles. The van der Waals surface area contributed by atoms with Gasteiger partial charge in [0.05, 0.1) is 11.1 Å². The Balaban J connectivity index is 3.63. The third kappa shape index (κ3) is 2.10. The van der Waals surface area contributed by atoms with Crippen molar-refractivity contribution in [1.82, 2.24) is 4.98 Å². The molecule has 16 heavy (non-hydrogen) atoms. The number of alkyl halides is 5. The van der Waals surface area contributed by atoms with Gasteiger partial charge < -0.3 is 0 Å². The van der Waals surface area contributed by atoms with E-state index in [9.17, 15) is 22.0 Å². The van der Waals surface area contributed by atoms with Crippen LogP contribution in [0.5, 0.6) is 0 Å². The molecule has 0 aromatic carbocycles. The van der Waals surface area contributed by atoms with Crippen LogP contribution in [0, 0.1) is 18.3 Å². The van der Waals surface area contributed by atoms with Crippen molar-refractivity contribution in [3.8, 4) is 6.07 Å². The summed E-state index contributed by atoms with van der Waals surface area (Å²) in [6, 6.07) is 1.23. The summed E-state index contributed by atoms with van der Waals surface area (Å²) < 4.78 is 62.5. The molecule has 0 amide bonds. The zero-order valence-electron chi connectivity index (χ0n) is 7.94. The Labute approximate surface area is 87.3 Å². The molecule has 0 aliphatic rings. The largest absolute Gasteiger partial charge is 0.417 e. The molecule has 0 saturated heterocycles. The van der Waals surface area contributed by atoms with E-state index in [-0.39, 0.29) is 0 Å². The Bertz CT molecular complexity index is 444. The van der Waals surface area contributed by atoms with Crippen molar-refractivity contribution in [2.75, 3.05) is 0 Å². The third-order valence-corrected chi connectivity index (χ3v) is 1.91. The maximum Gasteiger partial charge on any atom is 0.417 e. The summed E-state index contributed by atoms with van der Waals surface area (Å²) in [5.41, 5.74) is -4.15. The van der Waals surface area contributed by atoms with E-state index in [1.165, 1.54) is 6.07 Å². The third-order valence-electron chi connectivity index (χ3n) is 1.91. The standard InChI is InChI=1S/C9H5F5N2/c1-4-3-16-5(2-15)6(8(10)11)7(4)9(12,13)14/h3,8H,1H3. The van der Waals surface area contributed by atoms with Gasteiger partial charge in [-0.3, -0.25) is 0 Å². The Morgan fingerprint density at radius 2 is 1.94 bits per heavy atom. The predicted molar refractivity (Wildman–Crippen MR) is 43.6 cm³/mol. The summed E-state index contributed by atoms with van der Waals surface area (Å²) in [4.78, 5) is 3.25. The van der Waals surface area contributed by atoms with Gasteiger partial charge in [0.15, 0.2) is 0 Å². The fourth-order valence-electron chi connectivity index (χ4n) is 1.30. The highest BCUT2D eigenvalue weighted by Gasteiger charge is 2.39. The number of nitriles is 1. The lowest BCUT2D eigenvalue weighted by Crippen LogP contribution is -2.14. The van der Waals surface area contributed by atoms with Gasteiger partial charge in [0.1, 0.15) is 11.8 Å². The summed E-state index contributed by atoms with van der Waals surface area (Å²) in [5, 5.41) is 8.44. The first-order valence-electron chi connectivity index (χ1n) is 4.04. The number of aryl methyl sites for hydroxylation is 1. The average Bonchev–Trinajstić information content (AvgIpc) is 2.15. The van der Waals surface area contributed by atoms with E-state index in [1.54, 1.807) is 0 Å². The lowest BCUT2D eigenvalue weighted by atomic mass is 10.0. The van der Waals surface area contributed by atoms with Gasteiger partial charge >= 0.3 is 6.18 Å². The number of hydrogen-bond acceptors (Lipinski definition) is 2. The minimum Gasteiger partial charge on any atom is -0.245 e. The monoisotopic (exact) mass is 236 g/mol. The van der Waals surface area contributed by atoms with Crippen molar-refractivity contribution in [1.29, 1.82) is 5.26 Å². The number of hydrogen-bond donors (Lipinski definition) is 0. The first-order valence-corrected chi connectivity index (χ1v) is 4.04. The van der Waals surface area contributed by atoms with Crippen molar-refractivity contribution in [2.45, 2.75) is 19.5 Å². The molecule has 0 radical (unpaired) electrons. The molecule has 7 heteroatoms. The highest BCUT2D eigenvalue weighted by molar-refractivity contribution is 5.43. The minimum absolute atomic E-state index is 0.429. The van der Waals surface area contributed by atoms with Gasteiger partial charge in [-0.2, -0.15) is 18.4 Å². The van der Waals surface area contributed by atoms with E-state index in [2.05, 4.69) is 4.98 Å². The molecular weight excluding hydrogens is 231 g/mol. The average molecular weight is 236 g/mol. The molecule has 0 bridgehead atoms. The van der Waals surface area contributed by atoms with Gasteiger partial charge in [0, 0.05) is 6.20 Å². The van der Waals surface area contributed by atoms with Crippen LogP contribution >= 0.6 is 0 Å². The summed E-state index contributed by atoms with van der Waals surface area (Å²) >= 11 is 0. The second-order valence-corrected chi connectivity index (χ2v) is 2.99. The molecule has 1 rings (SSSR count). The van der Waals surface area contributed by atoms with Crippen molar-refractivity contribution < 1.29 is 22.0 Å². The molecule has 0 aliphatic heterocycles. The number of halogens is 5. The van der Waals surface area contributed by atoms with E-state index in [4.69, 9.17) is 5.26 Å².